The number of carbonyl (C=O) groups excluding carboxylic acids is 3. The molecular weight excluding hydrogens is 310 g/mol. The van der Waals surface area contributed by atoms with Gasteiger partial charge in [0.1, 0.15) is 5.69 Å². The Morgan fingerprint density at radius 1 is 1.12 bits per heavy atom. The van der Waals surface area contributed by atoms with E-state index >= 15 is 0 Å². The summed E-state index contributed by atoms with van der Waals surface area (Å²) in [4.78, 5) is 35.4. The fourth-order valence-corrected chi connectivity index (χ4v) is 2.14. The standard InChI is InChI=1S/C17H19N3O4/c1-11-9-10-20(19-16(22)12(2)24-13(3)21)15(11)17(23)18-14-7-5-4-6-8-14/h4-10,12H,1-3H3,(H,18,23)(H,19,22)/t12-/m1/s1. The van der Waals surface area contributed by atoms with Crippen LogP contribution in [0.4, 0.5) is 5.69 Å². The number of para-hydroxylation sites is 1. The highest BCUT2D eigenvalue weighted by molar-refractivity contribution is 6.04. The minimum Gasteiger partial charge on any atom is -0.453 e. The van der Waals surface area contributed by atoms with Crippen LogP contribution in [0.3, 0.4) is 0 Å². The zero-order chi connectivity index (χ0) is 17.7. The number of benzene rings is 1. The van der Waals surface area contributed by atoms with Crippen LogP contribution in [0.25, 0.3) is 0 Å². The average molecular weight is 329 g/mol. The molecular formula is C17H19N3O4. The number of rotatable bonds is 5. The molecule has 2 aromatic rings. The van der Waals surface area contributed by atoms with Gasteiger partial charge < -0.3 is 10.1 Å². The van der Waals surface area contributed by atoms with E-state index in [1.807, 2.05) is 18.2 Å². The monoisotopic (exact) mass is 329 g/mol. The van der Waals surface area contributed by atoms with Gasteiger partial charge in [0, 0.05) is 18.8 Å². The lowest BCUT2D eigenvalue weighted by Crippen LogP contribution is -2.35. The molecule has 1 aromatic heterocycles. The van der Waals surface area contributed by atoms with Crippen LogP contribution < -0.4 is 10.7 Å². The Kier molecular flexibility index (Phi) is 5.36. The molecule has 0 aliphatic carbocycles. The van der Waals surface area contributed by atoms with Gasteiger partial charge in [-0.05, 0) is 37.6 Å². The van der Waals surface area contributed by atoms with Crippen LogP contribution in [-0.2, 0) is 14.3 Å². The predicted molar refractivity (Wildman–Crippen MR) is 89.2 cm³/mol. The van der Waals surface area contributed by atoms with E-state index in [4.69, 9.17) is 4.74 Å². The topological polar surface area (TPSA) is 89.4 Å². The van der Waals surface area contributed by atoms with E-state index < -0.39 is 18.0 Å². The molecule has 0 bridgehead atoms. The largest absolute Gasteiger partial charge is 0.453 e. The van der Waals surface area contributed by atoms with Crippen molar-refractivity contribution in [1.82, 2.24) is 4.68 Å². The molecule has 0 saturated carbocycles. The molecule has 24 heavy (non-hydrogen) atoms. The second-order valence-electron chi connectivity index (χ2n) is 5.27. The molecule has 2 rings (SSSR count). The molecule has 126 valence electrons. The molecule has 0 spiro atoms. The number of hydrogen-bond acceptors (Lipinski definition) is 4. The van der Waals surface area contributed by atoms with E-state index in [0.29, 0.717) is 16.9 Å². The second kappa shape index (κ2) is 7.45. The van der Waals surface area contributed by atoms with Crippen molar-refractivity contribution >= 4 is 23.5 Å². The quantitative estimate of drug-likeness (QED) is 0.822. The number of anilines is 1. The van der Waals surface area contributed by atoms with Crippen LogP contribution in [0.1, 0.15) is 29.9 Å². The summed E-state index contributed by atoms with van der Waals surface area (Å²) in [5.41, 5.74) is 4.18. The smallest absolute Gasteiger partial charge is 0.303 e. The number of aromatic nitrogens is 1. The van der Waals surface area contributed by atoms with Crippen molar-refractivity contribution < 1.29 is 19.1 Å². The second-order valence-corrected chi connectivity index (χ2v) is 5.27. The molecule has 0 unspecified atom stereocenters. The number of carbonyl (C=O) groups is 3. The fraction of sp³-hybridized carbons (Fsp3) is 0.235. The Morgan fingerprint density at radius 2 is 1.79 bits per heavy atom. The Balaban J connectivity index is 2.14. The maximum absolute atomic E-state index is 12.5. The van der Waals surface area contributed by atoms with Gasteiger partial charge in [0.05, 0.1) is 0 Å². The lowest BCUT2D eigenvalue weighted by Gasteiger charge is -2.15. The van der Waals surface area contributed by atoms with Crippen molar-refractivity contribution in [3.63, 3.8) is 0 Å². The number of hydrogen-bond donors (Lipinski definition) is 2. The molecule has 0 aliphatic heterocycles. The zero-order valence-electron chi connectivity index (χ0n) is 13.7. The highest BCUT2D eigenvalue weighted by Crippen LogP contribution is 2.13. The van der Waals surface area contributed by atoms with Gasteiger partial charge in [0.15, 0.2) is 6.10 Å². The molecule has 7 heteroatoms. The number of aryl methyl sites for hydroxylation is 1. The first-order valence-corrected chi connectivity index (χ1v) is 7.41. The third kappa shape index (κ3) is 4.22. The molecule has 0 saturated heterocycles. The van der Waals surface area contributed by atoms with Crippen LogP contribution >= 0.6 is 0 Å². The summed E-state index contributed by atoms with van der Waals surface area (Å²) in [7, 11) is 0. The predicted octanol–water partition coefficient (Wildman–Crippen LogP) is 2.07. The van der Waals surface area contributed by atoms with Crippen molar-refractivity contribution in [1.29, 1.82) is 0 Å². The van der Waals surface area contributed by atoms with Gasteiger partial charge in [-0.15, -0.1) is 0 Å². The van der Waals surface area contributed by atoms with E-state index in [1.54, 1.807) is 31.3 Å². The first-order chi connectivity index (χ1) is 11.4. The van der Waals surface area contributed by atoms with E-state index in [1.165, 1.54) is 18.5 Å². The first kappa shape index (κ1) is 17.3. The summed E-state index contributed by atoms with van der Waals surface area (Å²) in [6, 6.07) is 10.7. The maximum atomic E-state index is 12.5. The van der Waals surface area contributed by atoms with Crippen molar-refractivity contribution in [3.8, 4) is 0 Å². The summed E-state index contributed by atoms with van der Waals surface area (Å²) in [5, 5.41) is 2.76. The summed E-state index contributed by atoms with van der Waals surface area (Å²) < 4.78 is 6.14. The van der Waals surface area contributed by atoms with Crippen LogP contribution in [-0.4, -0.2) is 28.6 Å². The van der Waals surface area contributed by atoms with Crippen molar-refractivity contribution in [3.05, 3.63) is 53.9 Å². The van der Waals surface area contributed by atoms with Gasteiger partial charge in [0.25, 0.3) is 11.8 Å². The molecule has 0 aliphatic rings. The number of esters is 1. The zero-order valence-corrected chi connectivity index (χ0v) is 13.7. The Hall–Kier alpha value is -3.09. The van der Waals surface area contributed by atoms with E-state index in [9.17, 15) is 14.4 Å². The Labute approximate surface area is 139 Å². The molecule has 1 aromatic carbocycles. The van der Waals surface area contributed by atoms with Gasteiger partial charge in [-0.3, -0.25) is 24.5 Å². The average Bonchev–Trinajstić information content (AvgIpc) is 2.88. The third-order valence-electron chi connectivity index (χ3n) is 3.28. The third-order valence-corrected chi connectivity index (χ3v) is 3.28. The Bertz CT molecular complexity index is 752. The molecule has 2 N–H and O–H groups in total. The lowest BCUT2D eigenvalue weighted by molar-refractivity contribution is -0.151. The Morgan fingerprint density at radius 3 is 2.42 bits per heavy atom. The van der Waals surface area contributed by atoms with Crippen LogP contribution in [0.5, 0.6) is 0 Å². The van der Waals surface area contributed by atoms with E-state index in [-0.39, 0.29) is 5.91 Å². The van der Waals surface area contributed by atoms with Crippen LogP contribution in [0.2, 0.25) is 0 Å². The number of amides is 2. The van der Waals surface area contributed by atoms with E-state index in [0.717, 1.165) is 0 Å². The molecule has 1 heterocycles. The van der Waals surface area contributed by atoms with Gasteiger partial charge in [-0.1, -0.05) is 18.2 Å². The SMILES string of the molecule is CC(=O)O[C@H](C)C(=O)Nn1ccc(C)c1C(=O)Nc1ccccc1. The maximum Gasteiger partial charge on any atom is 0.303 e. The van der Waals surface area contributed by atoms with Crippen LogP contribution in [0, 0.1) is 6.92 Å². The fourth-order valence-electron chi connectivity index (χ4n) is 2.14. The number of ether oxygens (including phenoxy) is 1. The van der Waals surface area contributed by atoms with Gasteiger partial charge in [0.2, 0.25) is 0 Å². The summed E-state index contributed by atoms with van der Waals surface area (Å²) in [6.07, 6.45) is 0.600. The van der Waals surface area contributed by atoms with Gasteiger partial charge >= 0.3 is 5.97 Å². The normalized spacial score (nSPS) is 11.5. The summed E-state index contributed by atoms with van der Waals surface area (Å²) in [5.74, 6) is -1.44. The van der Waals surface area contributed by atoms with Crippen molar-refractivity contribution in [2.45, 2.75) is 26.9 Å². The molecule has 1 atom stereocenters. The summed E-state index contributed by atoms with van der Waals surface area (Å²) in [6.45, 7) is 4.44. The van der Waals surface area contributed by atoms with Crippen LogP contribution in [0.15, 0.2) is 42.6 Å². The number of nitrogens with one attached hydrogen (secondary N) is 2. The molecule has 7 nitrogen and oxygen atoms in total. The van der Waals surface area contributed by atoms with Crippen molar-refractivity contribution in [2.24, 2.45) is 0 Å². The minimum atomic E-state index is -0.963. The molecule has 0 radical (unpaired) electrons. The van der Waals surface area contributed by atoms with Gasteiger partial charge in [-0.25, -0.2) is 0 Å². The highest BCUT2D eigenvalue weighted by atomic mass is 16.5. The lowest BCUT2D eigenvalue weighted by atomic mass is 10.2. The number of nitrogens with zero attached hydrogens (tertiary/aromatic N) is 1. The first-order valence-electron chi connectivity index (χ1n) is 7.41. The van der Waals surface area contributed by atoms with Crippen molar-refractivity contribution in [2.75, 3.05) is 10.7 Å². The summed E-state index contributed by atoms with van der Waals surface area (Å²) >= 11 is 0. The molecule has 0 fully saturated rings. The van der Waals surface area contributed by atoms with E-state index in [2.05, 4.69) is 10.7 Å². The molecule has 2 amide bonds. The van der Waals surface area contributed by atoms with Gasteiger partial charge in [-0.2, -0.15) is 0 Å². The highest BCUT2D eigenvalue weighted by Gasteiger charge is 2.20. The minimum absolute atomic E-state index is 0.294.